The topological polar surface area (TPSA) is 122 Å². The molecule has 4 rings (SSSR count). The van der Waals surface area contributed by atoms with Crippen LogP contribution in [0.3, 0.4) is 0 Å². The van der Waals surface area contributed by atoms with Crippen molar-refractivity contribution in [3.63, 3.8) is 0 Å². The average molecular weight is 393 g/mol. The maximum Gasteiger partial charge on any atom is 0.298 e. The van der Waals surface area contributed by atoms with Crippen LogP contribution in [0.5, 0.6) is 5.75 Å². The van der Waals surface area contributed by atoms with Gasteiger partial charge in [-0.25, -0.2) is 9.37 Å². The molecule has 29 heavy (non-hydrogen) atoms. The van der Waals surface area contributed by atoms with Crippen LogP contribution in [0, 0.1) is 5.82 Å². The zero-order chi connectivity index (χ0) is 20.2. The van der Waals surface area contributed by atoms with E-state index in [1.54, 1.807) is 0 Å². The zero-order valence-electron chi connectivity index (χ0n) is 15.1. The van der Waals surface area contributed by atoms with Gasteiger partial charge in [-0.15, -0.1) is 10.2 Å². The largest absolute Gasteiger partial charge is 0.505 e. The number of aromatic nitrogens is 6. The Morgan fingerprint density at radius 3 is 2.72 bits per heavy atom. The SMILES string of the molecule is O=c1c(Nc2cccc(O)c2F)nccn1-c1ccc(CCc2nn[nH]n2)cc1. The molecule has 146 valence electrons. The van der Waals surface area contributed by atoms with Gasteiger partial charge >= 0.3 is 0 Å². The van der Waals surface area contributed by atoms with Crippen molar-refractivity contribution in [2.45, 2.75) is 12.8 Å². The van der Waals surface area contributed by atoms with Crippen molar-refractivity contribution < 1.29 is 9.50 Å². The molecule has 0 bridgehead atoms. The Morgan fingerprint density at radius 1 is 1.14 bits per heavy atom. The molecule has 0 atom stereocenters. The summed E-state index contributed by atoms with van der Waals surface area (Å²) in [5, 5.41) is 25.9. The lowest BCUT2D eigenvalue weighted by Crippen LogP contribution is -2.22. The molecule has 0 aliphatic heterocycles. The van der Waals surface area contributed by atoms with Crippen LogP contribution in [-0.2, 0) is 12.8 Å². The van der Waals surface area contributed by atoms with Gasteiger partial charge in [0, 0.05) is 24.5 Å². The monoisotopic (exact) mass is 393 g/mol. The first-order valence-electron chi connectivity index (χ1n) is 8.75. The summed E-state index contributed by atoms with van der Waals surface area (Å²) in [5.41, 5.74) is 1.21. The van der Waals surface area contributed by atoms with Crippen molar-refractivity contribution in [1.82, 2.24) is 30.2 Å². The van der Waals surface area contributed by atoms with Crippen molar-refractivity contribution >= 4 is 11.5 Å². The summed E-state index contributed by atoms with van der Waals surface area (Å²) >= 11 is 0. The number of tetrazole rings is 1. The third-order valence-corrected chi connectivity index (χ3v) is 4.31. The summed E-state index contributed by atoms with van der Waals surface area (Å²) in [6.45, 7) is 0. The first-order valence-corrected chi connectivity index (χ1v) is 8.75. The molecule has 0 radical (unpaired) electrons. The number of anilines is 2. The van der Waals surface area contributed by atoms with Crippen molar-refractivity contribution in [1.29, 1.82) is 0 Å². The summed E-state index contributed by atoms with van der Waals surface area (Å²) in [4.78, 5) is 16.8. The van der Waals surface area contributed by atoms with E-state index in [1.807, 2.05) is 24.3 Å². The van der Waals surface area contributed by atoms with E-state index in [0.717, 1.165) is 12.0 Å². The molecule has 0 amide bonds. The number of aromatic hydroxyl groups is 1. The van der Waals surface area contributed by atoms with E-state index >= 15 is 0 Å². The van der Waals surface area contributed by atoms with Gasteiger partial charge in [-0.1, -0.05) is 23.4 Å². The number of benzene rings is 2. The molecule has 0 aliphatic carbocycles. The van der Waals surface area contributed by atoms with E-state index in [0.29, 0.717) is 17.9 Å². The standard InChI is InChI=1S/C19H16FN7O2/c20-17-14(2-1-3-15(17)28)22-18-19(29)27(11-10-21-18)13-7-4-12(5-8-13)6-9-16-23-25-26-24-16/h1-5,7-8,10-11,28H,6,9H2,(H,21,22)(H,23,24,25,26). The minimum absolute atomic E-state index is 0.0378. The number of nitrogens with one attached hydrogen (secondary N) is 2. The Balaban J connectivity index is 1.55. The Morgan fingerprint density at radius 2 is 1.97 bits per heavy atom. The molecular formula is C19H16FN7O2. The van der Waals surface area contributed by atoms with Gasteiger partial charge in [0.2, 0.25) is 0 Å². The third kappa shape index (κ3) is 3.95. The maximum atomic E-state index is 14.0. The number of rotatable bonds is 6. The molecule has 2 aromatic carbocycles. The van der Waals surface area contributed by atoms with Crippen LogP contribution < -0.4 is 10.9 Å². The predicted octanol–water partition coefficient (Wildman–Crippen LogP) is 2.12. The third-order valence-electron chi connectivity index (χ3n) is 4.31. The lowest BCUT2D eigenvalue weighted by Gasteiger charge is -2.10. The molecule has 2 aromatic heterocycles. The number of H-pyrrole nitrogens is 1. The highest BCUT2D eigenvalue weighted by Gasteiger charge is 2.12. The van der Waals surface area contributed by atoms with Gasteiger partial charge in [0.05, 0.1) is 5.69 Å². The Labute approximate surface area is 163 Å². The highest BCUT2D eigenvalue weighted by atomic mass is 19.1. The minimum atomic E-state index is -0.852. The fraction of sp³-hybridized carbons (Fsp3) is 0.105. The highest BCUT2D eigenvalue weighted by Crippen LogP contribution is 2.24. The molecule has 0 spiro atoms. The number of aryl methyl sites for hydroxylation is 2. The average Bonchev–Trinajstić information content (AvgIpc) is 3.25. The molecule has 2 heterocycles. The Bertz CT molecular complexity index is 1170. The first-order chi connectivity index (χ1) is 14.1. The van der Waals surface area contributed by atoms with Gasteiger partial charge in [-0.2, -0.15) is 5.21 Å². The molecule has 0 saturated carbocycles. The van der Waals surface area contributed by atoms with E-state index < -0.39 is 17.1 Å². The van der Waals surface area contributed by atoms with Crippen LogP contribution in [0.4, 0.5) is 15.9 Å². The molecule has 4 aromatic rings. The van der Waals surface area contributed by atoms with Crippen molar-refractivity contribution in [2.75, 3.05) is 5.32 Å². The molecule has 0 unspecified atom stereocenters. The normalized spacial score (nSPS) is 10.8. The molecule has 0 aliphatic rings. The summed E-state index contributed by atoms with van der Waals surface area (Å²) in [6.07, 6.45) is 4.35. The second kappa shape index (κ2) is 7.89. The molecule has 0 saturated heterocycles. The van der Waals surface area contributed by atoms with Crippen LogP contribution in [0.25, 0.3) is 5.69 Å². The number of nitrogens with zero attached hydrogens (tertiary/aromatic N) is 5. The van der Waals surface area contributed by atoms with E-state index in [4.69, 9.17) is 0 Å². The van der Waals surface area contributed by atoms with Gasteiger partial charge in [-0.3, -0.25) is 9.36 Å². The maximum absolute atomic E-state index is 14.0. The van der Waals surface area contributed by atoms with E-state index in [9.17, 15) is 14.3 Å². The summed E-state index contributed by atoms with van der Waals surface area (Å²) in [7, 11) is 0. The number of hydrogen-bond acceptors (Lipinski definition) is 7. The van der Waals surface area contributed by atoms with Crippen LogP contribution in [0.2, 0.25) is 0 Å². The van der Waals surface area contributed by atoms with E-state index in [1.165, 1.54) is 35.2 Å². The summed E-state index contributed by atoms with van der Waals surface area (Å²) in [6, 6.07) is 11.5. The summed E-state index contributed by atoms with van der Waals surface area (Å²) in [5.74, 6) is -0.787. The van der Waals surface area contributed by atoms with Crippen molar-refractivity contribution in [2.24, 2.45) is 0 Å². The Hall–Kier alpha value is -4.08. The molecule has 9 nitrogen and oxygen atoms in total. The molecular weight excluding hydrogens is 377 g/mol. The van der Waals surface area contributed by atoms with Gasteiger partial charge < -0.3 is 10.4 Å². The quantitative estimate of drug-likeness (QED) is 0.459. The van der Waals surface area contributed by atoms with Crippen LogP contribution in [0.15, 0.2) is 59.7 Å². The second-order valence-corrected chi connectivity index (χ2v) is 6.21. The minimum Gasteiger partial charge on any atom is -0.505 e. The molecule has 3 N–H and O–H groups in total. The van der Waals surface area contributed by atoms with Gasteiger partial charge in [0.15, 0.2) is 23.2 Å². The van der Waals surface area contributed by atoms with Gasteiger partial charge in [-0.05, 0) is 36.2 Å². The number of aromatic amines is 1. The van der Waals surface area contributed by atoms with E-state index in [2.05, 4.69) is 30.9 Å². The fourth-order valence-electron chi connectivity index (χ4n) is 2.81. The van der Waals surface area contributed by atoms with Crippen molar-refractivity contribution in [3.05, 3.63) is 82.4 Å². The molecule has 10 heteroatoms. The zero-order valence-corrected chi connectivity index (χ0v) is 15.1. The smallest absolute Gasteiger partial charge is 0.298 e. The van der Waals surface area contributed by atoms with Crippen molar-refractivity contribution in [3.8, 4) is 11.4 Å². The lowest BCUT2D eigenvalue weighted by atomic mass is 10.1. The number of phenolic OH excluding ortho intramolecular Hbond substituents is 1. The van der Waals surface area contributed by atoms with Gasteiger partial charge in [0.25, 0.3) is 5.56 Å². The lowest BCUT2D eigenvalue weighted by molar-refractivity contribution is 0.434. The predicted molar refractivity (Wildman–Crippen MR) is 103 cm³/mol. The first kappa shape index (κ1) is 18.3. The Kier molecular flexibility index (Phi) is 4.97. The van der Waals surface area contributed by atoms with Crippen LogP contribution in [0.1, 0.15) is 11.4 Å². The molecule has 0 fully saturated rings. The fourth-order valence-corrected chi connectivity index (χ4v) is 2.81. The van der Waals surface area contributed by atoms with Crippen LogP contribution >= 0.6 is 0 Å². The number of phenols is 1. The number of hydrogen-bond donors (Lipinski definition) is 3. The highest BCUT2D eigenvalue weighted by molar-refractivity contribution is 5.58. The van der Waals surface area contributed by atoms with E-state index in [-0.39, 0.29) is 11.5 Å². The van der Waals surface area contributed by atoms with Gasteiger partial charge in [0.1, 0.15) is 0 Å². The van der Waals surface area contributed by atoms with Crippen LogP contribution in [-0.4, -0.2) is 35.3 Å². The number of halogens is 1. The summed E-state index contributed by atoms with van der Waals surface area (Å²) < 4.78 is 15.4. The second-order valence-electron chi connectivity index (χ2n) is 6.21.